The highest BCUT2D eigenvalue weighted by Gasteiger charge is 2.44. The molecule has 17 atom stereocenters. The molecule has 0 aromatic heterocycles. The van der Waals surface area contributed by atoms with Gasteiger partial charge in [0.15, 0.2) is 6.29 Å². The highest BCUT2D eigenvalue weighted by Crippen LogP contribution is 2.28. The van der Waals surface area contributed by atoms with Gasteiger partial charge >= 0.3 is 0 Å². The van der Waals surface area contributed by atoms with E-state index in [0.717, 1.165) is 5.56 Å². The molecule has 0 spiro atoms. The van der Waals surface area contributed by atoms with Crippen LogP contribution in [0.15, 0.2) is 78.9 Å². The molecule has 0 bridgehead atoms. The van der Waals surface area contributed by atoms with Crippen molar-refractivity contribution in [1.29, 1.82) is 0 Å². The van der Waals surface area contributed by atoms with Crippen LogP contribution < -0.4 is 11.1 Å². The predicted octanol–water partition coefficient (Wildman–Crippen LogP) is 1.13. The van der Waals surface area contributed by atoms with Gasteiger partial charge in [0.25, 0.3) is 0 Å². The summed E-state index contributed by atoms with van der Waals surface area (Å²) in [4.78, 5) is 0. The molecule has 64 heavy (non-hydrogen) atoms. The zero-order valence-corrected chi connectivity index (χ0v) is 38.0. The zero-order chi connectivity index (χ0) is 47.6. The number of benzene rings is 1. The summed E-state index contributed by atoms with van der Waals surface area (Å²) in [5.41, 5.74) is 6.44. The molecule has 1 fully saturated rings. The second-order valence-corrected chi connectivity index (χ2v) is 17.5. The standard InChI is InChI=1S/C48H82N2O14/c1-4-5-6-10-21-44(64-48-47(62)46(61)45(60)32(3)63-48)31(2)43(50-30-33-14-8-7-9-15-33)29-42(59)28-41(58)26-37(54)19-12-18-36(53)25-40(57)27-39(56)24-35(52)17-11-16-34(51)23-38(55)20-13-22-49/h4-12,14-15,17,19,31-32,34-48,50-62H,13,16,18,20-30,49H2,1-3H3/b5-4+,10-6+,17-11+,19-12+. The molecule has 1 aliphatic heterocycles. The molecule has 0 aliphatic carbocycles. The third-order valence-electron chi connectivity index (χ3n) is 11.6. The summed E-state index contributed by atoms with van der Waals surface area (Å²) in [6, 6.07) is 9.31. The molecule has 2 rings (SSSR count). The first-order chi connectivity index (χ1) is 30.4. The predicted molar refractivity (Wildman–Crippen MR) is 244 cm³/mol. The average molecular weight is 911 g/mol. The number of nitrogens with two attached hydrogens (primary N) is 1. The summed E-state index contributed by atoms with van der Waals surface area (Å²) < 4.78 is 12.1. The first-order valence-electron chi connectivity index (χ1n) is 23.0. The van der Waals surface area contributed by atoms with Gasteiger partial charge in [0.1, 0.15) is 18.3 Å². The van der Waals surface area contributed by atoms with Gasteiger partial charge in [-0.05, 0) is 96.1 Å². The van der Waals surface area contributed by atoms with Crippen LogP contribution in [0.3, 0.4) is 0 Å². The Hall–Kier alpha value is -2.46. The first kappa shape index (κ1) is 57.7. The largest absolute Gasteiger partial charge is 0.393 e. The van der Waals surface area contributed by atoms with Crippen LogP contribution >= 0.6 is 0 Å². The molecule has 1 aliphatic rings. The lowest BCUT2D eigenvalue weighted by Crippen LogP contribution is -2.58. The molecule has 368 valence electrons. The third-order valence-corrected chi connectivity index (χ3v) is 11.6. The molecule has 1 saturated heterocycles. The lowest BCUT2D eigenvalue weighted by atomic mass is 9.87. The smallest absolute Gasteiger partial charge is 0.186 e. The van der Waals surface area contributed by atoms with Crippen LogP contribution in [0, 0.1) is 5.92 Å². The number of hydrogen-bond acceptors (Lipinski definition) is 16. The molecular formula is C48H82N2O14. The summed E-state index contributed by atoms with van der Waals surface area (Å²) in [5, 5.41) is 129. The van der Waals surface area contributed by atoms with Crippen molar-refractivity contribution < 1.29 is 70.8 Å². The maximum absolute atomic E-state index is 11.3. The minimum Gasteiger partial charge on any atom is -0.393 e. The first-order valence-corrected chi connectivity index (χ1v) is 23.0. The van der Waals surface area contributed by atoms with Gasteiger partial charge in [-0.15, -0.1) is 0 Å². The van der Waals surface area contributed by atoms with Gasteiger partial charge in [0.05, 0.1) is 67.1 Å². The van der Waals surface area contributed by atoms with E-state index in [1.807, 2.05) is 68.5 Å². The van der Waals surface area contributed by atoms with E-state index in [4.69, 9.17) is 15.2 Å². The molecule has 0 saturated carbocycles. The van der Waals surface area contributed by atoms with Gasteiger partial charge in [0, 0.05) is 25.4 Å². The Balaban J connectivity index is 1.92. The SMILES string of the molecule is C/C=C/C=C/CC(OC1OC(C)C(O)C(O)C1O)C(C)C(CC(O)CC(O)CC(O)/C=C/CC(O)CC(O)CC(O)CC(O)/C=C/CC(O)CC(O)CCCN)NCc1ccccc1. The Labute approximate surface area is 380 Å². The zero-order valence-electron chi connectivity index (χ0n) is 38.0. The maximum Gasteiger partial charge on any atom is 0.186 e. The van der Waals surface area contributed by atoms with Crippen LogP contribution in [0.1, 0.15) is 103 Å². The number of aliphatic hydroxyl groups is 12. The topological polar surface area (TPSA) is 299 Å². The lowest BCUT2D eigenvalue weighted by Gasteiger charge is -2.42. The fourth-order valence-corrected chi connectivity index (χ4v) is 7.78. The van der Waals surface area contributed by atoms with Gasteiger partial charge in [-0.25, -0.2) is 0 Å². The van der Waals surface area contributed by atoms with Crippen LogP contribution in [0.4, 0.5) is 0 Å². The summed E-state index contributed by atoms with van der Waals surface area (Å²) in [7, 11) is 0. The molecule has 0 amide bonds. The monoisotopic (exact) mass is 911 g/mol. The van der Waals surface area contributed by atoms with Gasteiger partial charge in [-0.3, -0.25) is 0 Å². The Bertz CT molecular complexity index is 1450. The van der Waals surface area contributed by atoms with Crippen molar-refractivity contribution in [2.24, 2.45) is 11.7 Å². The molecule has 1 aromatic carbocycles. The summed E-state index contributed by atoms with van der Waals surface area (Å²) >= 11 is 0. The molecule has 15 N–H and O–H groups in total. The fourth-order valence-electron chi connectivity index (χ4n) is 7.78. The van der Waals surface area contributed by atoms with E-state index in [1.165, 1.54) is 18.2 Å². The second kappa shape index (κ2) is 32.3. The second-order valence-electron chi connectivity index (χ2n) is 17.5. The molecule has 16 heteroatoms. The van der Waals surface area contributed by atoms with Crippen LogP contribution in [-0.4, -0.2) is 166 Å². The van der Waals surface area contributed by atoms with Crippen molar-refractivity contribution >= 4 is 0 Å². The molecule has 1 aromatic rings. The van der Waals surface area contributed by atoms with E-state index in [-0.39, 0.29) is 69.7 Å². The minimum atomic E-state index is -1.50. The fraction of sp³-hybridized carbons (Fsp3) is 0.708. The van der Waals surface area contributed by atoms with Crippen molar-refractivity contribution in [3.63, 3.8) is 0 Å². The Kier molecular flexibility index (Phi) is 29.1. The Morgan fingerprint density at radius 3 is 1.75 bits per heavy atom. The minimum absolute atomic E-state index is 0.0523. The normalized spacial score (nSPS) is 25.6. The van der Waals surface area contributed by atoms with Crippen molar-refractivity contribution in [3.8, 4) is 0 Å². The molecular weight excluding hydrogens is 829 g/mol. The van der Waals surface area contributed by atoms with Crippen LogP contribution in [-0.2, 0) is 16.0 Å². The third kappa shape index (κ3) is 23.8. The van der Waals surface area contributed by atoms with E-state index >= 15 is 0 Å². The van der Waals surface area contributed by atoms with E-state index in [1.54, 1.807) is 13.0 Å². The van der Waals surface area contributed by atoms with Gasteiger partial charge < -0.3 is 81.8 Å². The van der Waals surface area contributed by atoms with E-state index in [2.05, 4.69) is 5.32 Å². The van der Waals surface area contributed by atoms with E-state index < -0.39 is 91.7 Å². The Morgan fingerprint density at radius 1 is 0.656 bits per heavy atom. The number of ether oxygens (including phenoxy) is 2. The van der Waals surface area contributed by atoms with Crippen LogP contribution in [0.5, 0.6) is 0 Å². The molecule has 16 nitrogen and oxygen atoms in total. The van der Waals surface area contributed by atoms with E-state index in [9.17, 15) is 61.3 Å². The average Bonchev–Trinajstić information content (AvgIpc) is 3.23. The quantitative estimate of drug-likeness (QED) is 0.0347. The highest BCUT2D eigenvalue weighted by molar-refractivity contribution is 5.14. The number of rotatable bonds is 33. The van der Waals surface area contributed by atoms with Gasteiger partial charge in [-0.2, -0.15) is 0 Å². The van der Waals surface area contributed by atoms with Crippen molar-refractivity contribution in [2.75, 3.05) is 6.54 Å². The number of hydrogen-bond donors (Lipinski definition) is 14. The van der Waals surface area contributed by atoms with Crippen LogP contribution in [0.25, 0.3) is 0 Å². The summed E-state index contributed by atoms with van der Waals surface area (Å²) in [6.45, 7) is 6.33. The highest BCUT2D eigenvalue weighted by atomic mass is 16.7. The molecule has 17 unspecified atom stereocenters. The molecule has 0 radical (unpaired) electrons. The summed E-state index contributed by atoms with van der Waals surface area (Å²) in [6.07, 6.45) is -0.272. The molecule has 1 heterocycles. The number of aliphatic hydroxyl groups excluding tert-OH is 12. The van der Waals surface area contributed by atoms with Crippen LogP contribution in [0.2, 0.25) is 0 Å². The van der Waals surface area contributed by atoms with Gasteiger partial charge in [0.2, 0.25) is 0 Å². The number of allylic oxidation sites excluding steroid dienone is 3. The van der Waals surface area contributed by atoms with Crippen molar-refractivity contribution in [3.05, 3.63) is 84.5 Å². The summed E-state index contributed by atoms with van der Waals surface area (Å²) in [5.74, 6) is -0.318. The van der Waals surface area contributed by atoms with Gasteiger partial charge in [-0.1, -0.05) is 85.9 Å². The van der Waals surface area contributed by atoms with Crippen molar-refractivity contribution in [1.82, 2.24) is 5.32 Å². The Morgan fingerprint density at radius 2 is 1.19 bits per heavy atom. The maximum atomic E-state index is 11.3. The number of nitrogens with one attached hydrogen (secondary N) is 1. The van der Waals surface area contributed by atoms with E-state index in [0.29, 0.717) is 32.4 Å². The lowest BCUT2D eigenvalue weighted by molar-refractivity contribution is -0.307. The van der Waals surface area contributed by atoms with Crippen molar-refractivity contribution in [2.45, 2.75) is 202 Å².